The van der Waals surface area contributed by atoms with Crippen LogP contribution in [-0.2, 0) is 24.3 Å². The van der Waals surface area contributed by atoms with E-state index in [4.69, 9.17) is 0 Å². The molecule has 7 heteroatoms. The molecule has 2 aliphatic heterocycles. The van der Waals surface area contributed by atoms with Crippen LogP contribution in [0.2, 0.25) is 0 Å². The summed E-state index contributed by atoms with van der Waals surface area (Å²) >= 11 is 0. The zero-order chi connectivity index (χ0) is 15.8. The molecule has 3 heterocycles. The van der Waals surface area contributed by atoms with E-state index in [1.807, 2.05) is 22.8 Å². The summed E-state index contributed by atoms with van der Waals surface area (Å²) in [5.74, 6) is 1.05. The summed E-state index contributed by atoms with van der Waals surface area (Å²) in [4.78, 5) is 26.1. The fourth-order valence-electron chi connectivity index (χ4n) is 3.18. The van der Waals surface area contributed by atoms with E-state index in [1.165, 1.54) is 0 Å². The molecular weight excluding hydrogens is 294 g/mol. The third-order valence-electron chi connectivity index (χ3n) is 4.34. The van der Waals surface area contributed by atoms with Crippen LogP contribution in [0, 0.1) is 0 Å². The van der Waals surface area contributed by atoms with E-state index >= 15 is 0 Å². The van der Waals surface area contributed by atoms with Crippen LogP contribution in [0.3, 0.4) is 0 Å². The van der Waals surface area contributed by atoms with Gasteiger partial charge in [-0.3, -0.25) is 19.5 Å². The van der Waals surface area contributed by atoms with Crippen molar-refractivity contribution < 1.29 is 9.59 Å². The van der Waals surface area contributed by atoms with E-state index in [2.05, 4.69) is 15.5 Å². The van der Waals surface area contributed by atoms with E-state index in [0.717, 1.165) is 37.2 Å². The predicted molar refractivity (Wildman–Crippen MR) is 82.8 cm³/mol. The van der Waals surface area contributed by atoms with Gasteiger partial charge in [-0.15, -0.1) is 10.2 Å². The van der Waals surface area contributed by atoms with Gasteiger partial charge >= 0.3 is 0 Å². The third-order valence-corrected chi connectivity index (χ3v) is 4.34. The second-order valence-corrected chi connectivity index (χ2v) is 5.92. The van der Waals surface area contributed by atoms with Crippen LogP contribution in [0.5, 0.6) is 0 Å². The number of fused-ring (bicyclic) bond motifs is 2. The number of hydrogen-bond acceptors (Lipinski definition) is 4. The number of rotatable bonds is 3. The van der Waals surface area contributed by atoms with Gasteiger partial charge in [0.1, 0.15) is 12.4 Å². The van der Waals surface area contributed by atoms with Crippen molar-refractivity contribution in [3.8, 4) is 0 Å². The van der Waals surface area contributed by atoms with Gasteiger partial charge in [0.2, 0.25) is 11.9 Å². The lowest BCUT2D eigenvalue weighted by Gasteiger charge is -2.17. The van der Waals surface area contributed by atoms with E-state index in [1.54, 1.807) is 11.0 Å². The normalized spacial score (nSPS) is 16.2. The number of carbonyl (C=O) groups is 2. The van der Waals surface area contributed by atoms with Crippen molar-refractivity contribution in [1.82, 2.24) is 19.7 Å². The van der Waals surface area contributed by atoms with E-state index < -0.39 is 0 Å². The van der Waals surface area contributed by atoms with Crippen LogP contribution in [0.25, 0.3) is 0 Å². The van der Waals surface area contributed by atoms with Crippen molar-refractivity contribution in [2.45, 2.75) is 32.4 Å². The van der Waals surface area contributed by atoms with Crippen LogP contribution in [0.15, 0.2) is 24.3 Å². The highest BCUT2D eigenvalue weighted by atomic mass is 16.2. The Balaban J connectivity index is 1.44. The number of hydrogen-bond donors (Lipinski definition) is 1. The highest BCUT2D eigenvalue weighted by Crippen LogP contribution is 2.22. The number of nitrogens with one attached hydrogen (secondary N) is 1. The van der Waals surface area contributed by atoms with E-state index in [-0.39, 0.29) is 18.4 Å². The van der Waals surface area contributed by atoms with Crippen LogP contribution in [0.1, 0.15) is 34.6 Å². The molecule has 4 rings (SSSR count). The van der Waals surface area contributed by atoms with Crippen LogP contribution in [0.4, 0.5) is 5.95 Å². The van der Waals surface area contributed by atoms with E-state index in [0.29, 0.717) is 18.1 Å². The van der Waals surface area contributed by atoms with Gasteiger partial charge in [0.05, 0.1) is 0 Å². The Kier molecular flexibility index (Phi) is 3.33. The Morgan fingerprint density at radius 2 is 2.09 bits per heavy atom. The second-order valence-electron chi connectivity index (χ2n) is 5.92. The van der Waals surface area contributed by atoms with Gasteiger partial charge in [0, 0.05) is 25.1 Å². The number of aromatic nitrogens is 3. The summed E-state index contributed by atoms with van der Waals surface area (Å²) in [6.07, 6.45) is 3.06. The smallest absolute Gasteiger partial charge is 0.254 e. The molecule has 23 heavy (non-hydrogen) atoms. The number of nitrogens with zero attached hydrogens (tertiary/aromatic N) is 4. The predicted octanol–water partition coefficient (Wildman–Crippen LogP) is 1.21. The molecule has 2 aromatic rings. The molecule has 0 fully saturated rings. The topological polar surface area (TPSA) is 80.1 Å². The first-order valence-electron chi connectivity index (χ1n) is 7.81. The van der Waals surface area contributed by atoms with Crippen LogP contribution in [-0.4, -0.2) is 38.0 Å². The number of amides is 2. The average molecular weight is 311 g/mol. The molecule has 1 aromatic heterocycles. The quantitative estimate of drug-likeness (QED) is 0.924. The fourth-order valence-corrected chi connectivity index (χ4v) is 3.18. The lowest BCUT2D eigenvalue weighted by Crippen LogP contribution is -2.34. The molecule has 1 N–H and O–H groups in total. The zero-order valence-electron chi connectivity index (χ0n) is 12.7. The van der Waals surface area contributed by atoms with Gasteiger partial charge < -0.3 is 4.90 Å². The van der Waals surface area contributed by atoms with Gasteiger partial charge in [-0.25, -0.2) is 0 Å². The highest BCUT2D eigenvalue weighted by Gasteiger charge is 2.28. The highest BCUT2D eigenvalue weighted by molar-refractivity contribution is 6.01. The van der Waals surface area contributed by atoms with Crippen molar-refractivity contribution in [1.29, 1.82) is 0 Å². The summed E-state index contributed by atoms with van der Waals surface area (Å²) in [5.41, 5.74) is 1.64. The first kappa shape index (κ1) is 13.9. The first-order valence-corrected chi connectivity index (χ1v) is 7.81. The molecule has 0 atom stereocenters. The largest absolute Gasteiger partial charge is 0.325 e. The van der Waals surface area contributed by atoms with Crippen molar-refractivity contribution in [2.24, 2.45) is 0 Å². The Hall–Kier alpha value is -2.70. The Morgan fingerprint density at radius 1 is 1.22 bits per heavy atom. The maximum absolute atomic E-state index is 12.3. The molecule has 118 valence electrons. The van der Waals surface area contributed by atoms with Gasteiger partial charge in [-0.05, 0) is 24.5 Å². The minimum absolute atomic E-state index is 0.0235. The average Bonchev–Trinajstić information content (AvgIpc) is 3.10. The van der Waals surface area contributed by atoms with Crippen LogP contribution >= 0.6 is 0 Å². The summed E-state index contributed by atoms with van der Waals surface area (Å²) in [5, 5.41) is 10.9. The molecular formula is C16H17N5O2. The summed E-state index contributed by atoms with van der Waals surface area (Å²) in [6, 6.07) is 7.45. The van der Waals surface area contributed by atoms with Crippen molar-refractivity contribution in [2.75, 3.05) is 11.9 Å². The van der Waals surface area contributed by atoms with Crippen molar-refractivity contribution in [3.05, 3.63) is 41.2 Å². The molecule has 2 amide bonds. The number of carbonyl (C=O) groups excluding carboxylic acids is 2. The Bertz CT molecular complexity index is 783. The minimum Gasteiger partial charge on any atom is -0.325 e. The molecule has 0 spiro atoms. The minimum atomic E-state index is -0.244. The molecule has 0 unspecified atom stereocenters. The van der Waals surface area contributed by atoms with Gasteiger partial charge in [0.15, 0.2) is 0 Å². The van der Waals surface area contributed by atoms with E-state index in [9.17, 15) is 9.59 Å². The maximum atomic E-state index is 12.3. The molecule has 0 aliphatic carbocycles. The zero-order valence-corrected chi connectivity index (χ0v) is 12.7. The summed E-state index contributed by atoms with van der Waals surface area (Å²) in [7, 11) is 0. The number of aryl methyl sites for hydroxylation is 1. The van der Waals surface area contributed by atoms with Crippen LogP contribution < -0.4 is 5.32 Å². The lowest BCUT2D eigenvalue weighted by molar-refractivity contribution is -0.117. The Labute approximate surface area is 133 Å². The maximum Gasteiger partial charge on any atom is 0.254 e. The number of anilines is 1. The summed E-state index contributed by atoms with van der Waals surface area (Å²) in [6.45, 7) is 1.32. The third kappa shape index (κ3) is 2.48. The summed E-state index contributed by atoms with van der Waals surface area (Å²) < 4.78 is 1.95. The molecule has 1 aromatic carbocycles. The molecule has 0 saturated heterocycles. The molecule has 7 nitrogen and oxygen atoms in total. The Morgan fingerprint density at radius 3 is 2.96 bits per heavy atom. The van der Waals surface area contributed by atoms with Crippen molar-refractivity contribution in [3.63, 3.8) is 0 Å². The van der Waals surface area contributed by atoms with Gasteiger partial charge in [-0.1, -0.05) is 18.2 Å². The molecule has 0 bridgehead atoms. The van der Waals surface area contributed by atoms with Gasteiger partial charge in [-0.2, -0.15) is 0 Å². The molecule has 0 saturated carbocycles. The molecule has 2 aliphatic rings. The SMILES string of the molecule is O=C(CN1Cc2ccccc2C1=O)Nc1nnc2n1CCCC2. The van der Waals surface area contributed by atoms with Crippen molar-refractivity contribution >= 4 is 17.8 Å². The standard InChI is InChI=1S/C16H17N5O2/c22-14(17-16-19-18-13-7-3-4-8-21(13)16)10-20-9-11-5-1-2-6-12(11)15(20)23/h1-2,5-6H,3-4,7-10H2,(H,17,19,22). The molecule has 0 radical (unpaired) electrons. The fraction of sp³-hybridized carbons (Fsp3) is 0.375. The second kappa shape index (κ2) is 5.49. The number of benzene rings is 1. The first-order chi connectivity index (χ1) is 11.2. The lowest BCUT2D eigenvalue weighted by atomic mass is 10.1. The monoisotopic (exact) mass is 311 g/mol. The van der Waals surface area contributed by atoms with Gasteiger partial charge in [0.25, 0.3) is 5.91 Å².